The van der Waals surface area contributed by atoms with Crippen molar-refractivity contribution in [2.45, 2.75) is 6.92 Å². The van der Waals surface area contributed by atoms with Crippen LogP contribution in [0.15, 0.2) is 46.9 Å². The van der Waals surface area contributed by atoms with E-state index >= 15 is 0 Å². The number of aryl methyl sites for hydroxylation is 1. The van der Waals surface area contributed by atoms with Gasteiger partial charge in [-0.05, 0) is 42.8 Å². The Morgan fingerprint density at radius 1 is 1.09 bits per heavy atom. The number of hydrogen-bond acceptors (Lipinski definition) is 3. The summed E-state index contributed by atoms with van der Waals surface area (Å²) in [7, 11) is 0. The Morgan fingerprint density at radius 2 is 1.91 bits per heavy atom. The minimum atomic E-state index is -0.950. The van der Waals surface area contributed by atoms with Crippen LogP contribution in [0.3, 0.4) is 0 Å². The number of halogens is 3. The lowest BCUT2D eigenvalue weighted by atomic mass is 10.1. The number of rotatable bonds is 3. The molecular weight excluding hydrogens is 322 g/mol. The van der Waals surface area contributed by atoms with Gasteiger partial charge < -0.3 is 4.42 Å². The molecule has 2 aromatic carbocycles. The van der Waals surface area contributed by atoms with Crippen LogP contribution in [0, 0.1) is 18.6 Å². The molecule has 0 fully saturated rings. The molecule has 0 aliphatic heterocycles. The molecule has 0 bridgehead atoms. The van der Waals surface area contributed by atoms with Crippen molar-refractivity contribution in [2.24, 2.45) is 0 Å². The highest BCUT2D eigenvalue weighted by Crippen LogP contribution is 2.26. The largest absolute Gasteiger partial charge is 0.415 e. The number of hydrogen-bond donors (Lipinski definition) is 0. The van der Waals surface area contributed by atoms with Gasteiger partial charge >= 0.3 is 0 Å². The molecule has 0 aliphatic rings. The molecule has 0 amide bonds. The van der Waals surface area contributed by atoms with Gasteiger partial charge in [-0.2, -0.15) is 0 Å². The first-order valence-electron chi connectivity index (χ1n) is 6.76. The second kappa shape index (κ2) is 6.30. The van der Waals surface area contributed by atoms with E-state index in [0.717, 1.165) is 23.3 Å². The summed E-state index contributed by atoms with van der Waals surface area (Å²) < 4.78 is 31.6. The van der Waals surface area contributed by atoms with Gasteiger partial charge in [0.1, 0.15) is 5.03 Å². The number of nitrogens with zero attached hydrogens (tertiary/aromatic N) is 2. The Morgan fingerprint density at radius 3 is 2.65 bits per heavy atom. The van der Waals surface area contributed by atoms with E-state index in [2.05, 4.69) is 10.2 Å². The molecule has 0 saturated carbocycles. The quantitative estimate of drug-likeness (QED) is 0.673. The molecule has 3 rings (SSSR count). The van der Waals surface area contributed by atoms with Crippen LogP contribution in [-0.4, -0.2) is 10.2 Å². The summed E-state index contributed by atoms with van der Waals surface area (Å²) in [5, 5.41) is 7.96. The summed E-state index contributed by atoms with van der Waals surface area (Å²) in [4.78, 5) is 0. The standard InChI is InChI=1S/C17H11ClF2N2O/c1-10-3-2-4-12(7-10)16-21-22-17(23-16)13(18)8-11-5-6-14(19)15(20)9-11/h2-9H,1H3/b13-8-. The van der Waals surface area contributed by atoms with E-state index in [1.165, 1.54) is 12.1 Å². The maximum absolute atomic E-state index is 13.2. The monoisotopic (exact) mass is 332 g/mol. The van der Waals surface area contributed by atoms with Crippen LogP contribution in [0.1, 0.15) is 17.0 Å². The molecule has 3 aromatic rings. The van der Waals surface area contributed by atoms with Gasteiger partial charge in [-0.25, -0.2) is 8.78 Å². The van der Waals surface area contributed by atoms with Crippen molar-refractivity contribution >= 4 is 22.7 Å². The normalized spacial score (nSPS) is 11.7. The lowest BCUT2D eigenvalue weighted by molar-refractivity contribution is 0.508. The van der Waals surface area contributed by atoms with Crippen LogP contribution in [0.2, 0.25) is 0 Å². The van der Waals surface area contributed by atoms with Crippen molar-refractivity contribution in [3.63, 3.8) is 0 Å². The minimum Gasteiger partial charge on any atom is -0.415 e. The fraction of sp³-hybridized carbons (Fsp3) is 0.0588. The van der Waals surface area contributed by atoms with E-state index in [4.69, 9.17) is 16.0 Å². The van der Waals surface area contributed by atoms with Crippen molar-refractivity contribution in [1.29, 1.82) is 0 Å². The van der Waals surface area contributed by atoms with Gasteiger partial charge in [-0.15, -0.1) is 10.2 Å². The van der Waals surface area contributed by atoms with Crippen LogP contribution in [0.4, 0.5) is 8.78 Å². The van der Waals surface area contributed by atoms with Crippen LogP contribution >= 0.6 is 11.6 Å². The van der Waals surface area contributed by atoms with Gasteiger partial charge in [-0.3, -0.25) is 0 Å². The lowest BCUT2D eigenvalue weighted by Crippen LogP contribution is -1.84. The summed E-state index contributed by atoms with van der Waals surface area (Å²) in [6.07, 6.45) is 1.43. The zero-order chi connectivity index (χ0) is 16.4. The SMILES string of the molecule is Cc1cccc(-c2nnc(/C(Cl)=C/c3ccc(F)c(F)c3)o2)c1. The van der Waals surface area contributed by atoms with E-state index in [1.807, 2.05) is 31.2 Å². The fourth-order valence-electron chi connectivity index (χ4n) is 2.02. The zero-order valence-corrected chi connectivity index (χ0v) is 12.8. The third-order valence-electron chi connectivity index (χ3n) is 3.13. The Kier molecular flexibility index (Phi) is 4.21. The van der Waals surface area contributed by atoms with Gasteiger partial charge in [0.25, 0.3) is 5.89 Å². The maximum atomic E-state index is 13.2. The van der Waals surface area contributed by atoms with Crippen molar-refractivity contribution in [3.8, 4) is 11.5 Å². The van der Waals surface area contributed by atoms with E-state index in [-0.39, 0.29) is 10.9 Å². The van der Waals surface area contributed by atoms with Crippen molar-refractivity contribution in [3.05, 3.63) is 71.1 Å². The first-order valence-corrected chi connectivity index (χ1v) is 7.14. The van der Waals surface area contributed by atoms with Gasteiger partial charge in [0, 0.05) is 5.56 Å². The topological polar surface area (TPSA) is 38.9 Å². The molecule has 3 nitrogen and oxygen atoms in total. The second-order valence-corrected chi connectivity index (χ2v) is 5.35. The maximum Gasteiger partial charge on any atom is 0.259 e. The Hall–Kier alpha value is -2.53. The van der Waals surface area contributed by atoms with E-state index < -0.39 is 11.6 Å². The second-order valence-electron chi connectivity index (χ2n) is 4.95. The number of benzene rings is 2. The first-order chi connectivity index (χ1) is 11.0. The van der Waals surface area contributed by atoms with Gasteiger partial charge in [0.2, 0.25) is 5.89 Å². The molecule has 0 N–H and O–H groups in total. The van der Waals surface area contributed by atoms with E-state index in [0.29, 0.717) is 11.5 Å². The molecule has 116 valence electrons. The molecule has 6 heteroatoms. The van der Waals surface area contributed by atoms with Crippen molar-refractivity contribution in [2.75, 3.05) is 0 Å². The van der Waals surface area contributed by atoms with Crippen LogP contribution in [0.5, 0.6) is 0 Å². The number of aromatic nitrogens is 2. The predicted octanol–water partition coefficient (Wildman–Crippen LogP) is 5.06. The molecule has 23 heavy (non-hydrogen) atoms. The van der Waals surface area contributed by atoms with Crippen molar-refractivity contribution < 1.29 is 13.2 Å². The van der Waals surface area contributed by atoms with Gasteiger partial charge in [0.05, 0.1) is 0 Å². The van der Waals surface area contributed by atoms with Crippen LogP contribution in [-0.2, 0) is 0 Å². The van der Waals surface area contributed by atoms with Gasteiger partial charge in [0.15, 0.2) is 11.6 Å². The zero-order valence-electron chi connectivity index (χ0n) is 12.1. The van der Waals surface area contributed by atoms with E-state index in [9.17, 15) is 8.78 Å². The third kappa shape index (κ3) is 3.46. The van der Waals surface area contributed by atoms with Crippen LogP contribution < -0.4 is 0 Å². The lowest BCUT2D eigenvalue weighted by Gasteiger charge is -1.97. The Bertz CT molecular complexity index is 890. The molecule has 0 spiro atoms. The summed E-state index contributed by atoms with van der Waals surface area (Å²) in [6, 6.07) is 11.1. The average molecular weight is 333 g/mol. The van der Waals surface area contributed by atoms with Crippen molar-refractivity contribution in [1.82, 2.24) is 10.2 Å². The highest BCUT2D eigenvalue weighted by Gasteiger charge is 2.12. The molecule has 0 saturated heterocycles. The molecule has 0 atom stereocenters. The molecule has 0 aliphatic carbocycles. The highest BCUT2D eigenvalue weighted by atomic mass is 35.5. The summed E-state index contributed by atoms with van der Waals surface area (Å²) >= 11 is 6.11. The average Bonchev–Trinajstić information content (AvgIpc) is 3.01. The molecule has 1 aromatic heterocycles. The molecular formula is C17H11ClF2N2O. The fourth-order valence-corrected chi connectivity index (χ4v) is 2.23. The Balaban J connectivity index is 1.90. The predicted molar refractivity (Wildman–Crippen MR) is 84.6 cm³/mol. The molecule has 1 heterocycles. The molecule has 0 unspecified atom stereocenters. The summed E-state index contributed by atoms with van der Waals surface area (Å²) in [5.41, 5.74) is 2.23. The Labute approximate surface area is 136 Å². The summed E-state index contributed by atoms with van der Waals surface area (Å²) in [5.74, 6) is -1.43. The first kappa shape index (κ1) is 15.4. The summed E-state index contributed by atoms with van der Waals surface area (Å²) in [6.45, 7) is 1.96. The smallest absolute Gasteiger partial charge is 0.259 e. The van der Waals surface area contributed by atoms with E-state index in [1.54, 1.807) is 0 Å². The molecule has 0 radical (unpaired) electrons. The highest BCUT2D eigenvalue weighted by molar-refractivity contribution is 6.50. The van der Waals surface area contributed by atoms with Gasteiger partial charge in [-0.1, -0.05) is 35.4 Å². The van der Waals surface area contributed by atoms with Crippen LogP contribution in [0.25, 0.3) is 22.6 Å². The third-order valence-corrected chi connectivity index (χ3v) is 3.40. The minimum absolute atomic E-state index is 0.105.